The predicted octanol–water partition coefficient (Wildman–Crippen LogP) is 19.4. The van der Waals surface area contributed by atoms with Crippen molar-refractivity contribution in [3.05, 3.63) is 231 Å². The lowest BCUT2D eigenvalue weighted by Gasteiger charge is -2.21. The van der Waals surface area contributed by atoms with Gasteiger partial charge in [0.1, 0.15) is 17.5 Å². The number of hydrogen-bond acceptors (Lipinski definition) is 9. The third-order valence-corrected chi connectivity index (χ3v) is 18.8. The average molecular weight is 1250 g/mol. The molecule has 0 spiro atoms. The molecule has 6 aromatic carbocycles. The van der Waals surface area contributed by atoms with Crippen LogP contribution in [0.15, 0.2) is 170 Å². The molecule has 9 aromatic rings. The standard InChI is InChI=1S/C28H33N3O.2C27H31N3O/c1-20(2)22-10-12-23(13-11-22)26-18-24(9-8-21(26)3)28(32)30-25-14-15-27(29-19-25)31-16-6-4-5-7-17-31;1-19-11-12-22(17-24(19)26-20(2)9-8-10-21(26)3)27(31)29-23-13-14-25(28-18-23)30-15-6-4-5-7-16-30;1-19-9-8-10-24(21(19)3)25-17-22(12-11-20(25)2)27(31)29-23-13-14-26(28-18-23)30-15-6-4-5-7-16-30/h8-15,18-20H,4-7,16-17H2,1-3H3,(H,30,32);2*8-14,17-18H,4-7,15-16H2,1-3H3,(H,29,31). The number of nitrogens with zero attached hydrogens (tertiary/aromatic N) is 6. The molecule has 6 heterocycles. The zero-order chi connectivity index (χ0) is 66.1. The quantitative estimate of drug-likeness (QED) is 0.103. The van der Waals surface area contributed by atoms with E-state index < -0.39 is 0 Å². The Bertz CT molecular complexity index is 3990. The molecule has 0 atom stereocenters. The summed E-state index contributed by atoms with van der Waals surface area (Å²) in [4.78, 5) is 59.7. The fourth-order valence-corrected chi connectivity index (χ4v) is 12.9. The van der Waals surface area contributed by atoms with Gasteiger partial charge in [-0.1, -0.05) is 131 Å². The van der Waals surface area contributed by atoms with Crippen LogP contribution in [0.3, 0.4) is 0 Å². The van der Waals surface area contributed by atoms with Crippen LogP contribution in [0.25, 0.3) is 33.4 Å². The van der Waals surface area contributed by atoms with Gasteiger partial charge in [0.2, 0.25) is 0 Å². The van der Waals surface area contributed by atoms with Crippen LogP contribution in [0.4, 0.5) is 34.5 Å². The van der Waals surface area contributed by atoms with Crippen LogP contribution in [0.1, 0.15) is 172 Å². The van der Waals surface area contributed by atoms with E-state index in [0.29, 0.717) is 22.6 Å². The molecule has 3 saturated heterocycles. The number of carbonyl (C=O) groups excluding carboxylic acids is 3. The van der Waals surface area contributed by atoms with Crippen LogP contribution < -0.4 is 30.7 Å². The number of rotatable bonds is 13. The normalized spacial score (nSPS) is 14.3. The number of benzene rings is 6. The maximum atomic E-state index is 13.0. The first-order chi connectivity index (χ1) is 45.6. The van der Waals surface area contributed by atoms with Gasteiger partial charge in [0, 0.05) is 56.0 Å². The largest absolute Gasteiger partial charge is 0.357 e. The van der Waals surface area contributed by atoms with E-state index in [1.165, 1.54) is 116 Å². The Balaban J connectivity index is 0.000000154. The smallest absolute Gasteiger partial charge is 0.255 e. The van der Waals surface area contributed by atoms with Crippen molar-refractivity contribution in [2.24, 2.45) is 0 Å². The number of carbonyl (C=O) groups is 3. The lowest BCUT2D eigenvalue weighted by molar-refractivity contribution is 0.101. The van der Waals surface area contributed by atoms with E-state index >= 15 is 0 Å². The molecular formula is C82H95N9O3. The molecule has 3 aromatic heterocycles. The van der Waals surface area contributed by atoms with Crippen molar-refractivity contribution in [2.75, 3.05) is 69.9 Å². The summed E-state index contributed by atoms with van der Waals surface area (Å²) in [7, 11) is 0. The average Bonchev–Trinajstić information content (AvgIpc) is 0.960. The number of aryl methyl sites for hydroxylation is 6. The van der Waals surface area contributed by atoms with Gasteiger partial charge >= 0.3 is 0 Å². The Morgan fingerprint density at radius 1 is 0.351 bits per heavy atom. The van der Waals surface area contributed by atoms with E-state index in [-0.39, 0.29) is 17.7 Å². The molecule has 12 rings (SSSR count). The Hall–Kier alpha value is -9.42. The van der Waals surface area contributed by atoms with Crippen molar-refractivity contribution in [3.63, 3.8) is 0 Å². The highest BCUT2D eigenvalue weighted by Crippen LogP contribution is 2.34. The van der Waals surface area contributed by atoms with Gasteiger partial charge in [-0.2, -0.15) is 0 Å². The van der Waals surface area contributed by atoms with Crippen LogP contribution in [-0.2, 0) is 0 Å². The minimum absolute atomic E-state index is 0.114. The fraction of sp³-hybridized carbons (Fsp3) is 0.341. The van der Waals surface area contributed by atoms with Gasteiger partial charge in [-0.05, 0) is 244 Å². The Morgan fingerprint density at radius 3 is 1.09 bits per heavy atom. The molecule has 3 aliphatic heterocycles. The highest BCUT2D eigenvalue weighted by atomic mass is 16.2. The van der Waals surface area contributed by atoms with Gasteiger partial charge in [0.25, 0.3) is 17.7 Å². The van der Waals surface area contributed by atoms with E-state index in [0.717, 1.165) is 113 Å². The first-order valence-corrected chi connectivity index (χ1v) is 34.2. The summed E-state index contributed by atoms with van der Waals surface area (Å²) in [6, 6.07) is 50.8. The number of hydrogen-bond donors (Lipinski definition) is 3. The highest BCUT2D eigenvalue weighted by molar-refractivity contribution is 6.07. The number of aromatic nitrogens is 3. The molecule has 0 radical (unpaired) electrons. The summed E-state index contributed by atoms with van der Waals surface area (Å²) in [5.74, 6) is 3.14. The molecule has 12 nitrogen and oxygen atoms in total. The lowest BCUT2D eigenvalue weighted by atomic mass is 9.91. The molecule has 3 amide bonds. The summed E-state index contributed by atoms with van der Waals surface area (Å²) in [5, 5.41) is 9.02. The molecule has 94 heavy (non-hydrogen) atoms. The van der Waals surface area contributed by atoms with Crippen LogP contribution >= 0.6 is 0 Å². The van der Waals surface area contributed by atoms with Gasteiger partial charge in [0.15, 0.2) is 0 Å². The minimum Gasteiger partial charge on any atom is -0.357 e. The molecule has 486 valence electrons. The van der Waals surface area contributed by atoms with Gasteiger partial charge in [0.05, 0.1) is 35.7 Å². The van der Waals surface area contributed by atoms with Gasteiger partial charge < -0.3 is 30.7 Å². The molecule has 3 fully saturated rings. The van der Waals surface area contributed by atoms with Crippen molar-refractivity contribution in [1.29, 1.82) is 0 Å². The first kappa shape index (κ1) is 67.5. The number of anilines is 6. The Labute approximate surface area is 558 Å². The van der Waals surface area contributed by atoms with Gasteiger partial charge in [-0.25, -0.2) is 15.0 Å². The third kappa shape index (κ3) is 17.6. The monoisotopic (exact) mass is 1250 g/mol. The van der Waals surface area contributed by atoms with Crippen molar-refractivity contribution >= 4 is 52.2 Å². The molecule has 3 aliphatic rings. The first-order valence-electron chi connectivity index (χ1n) is 34.2. The lowest BCUT2D eigenvalue weighted by Crippen LogP contribution is -2.24. The zero-order valence-electron chi connectivity index (χ0n) is 56.9. The van der Waals surface area contributed by atoms with E-state index in [1.807, 2.05) is 91.0 Å². The topological polar surface area (TPSA) is 136 Å². The van der Waals surface area contributed by atoms with Crippen molar-refractivity contribution in [3.8, 4) is 33.4 Å². The van der Waals surface area contributed by atoms with Gasteiger partial charge in [-0.3, -0.25) is 14.4 Å². The molecular weight excluding hydrogens is 1160 g/mol. The van der Waals surface area contributed by atoms with Crippen molar-refractivity contribution in [1.82, 2.24) is 15.0 Å². The Kier molecular flexibility index (Phi) is 23.3. The second-order valence-corrected chi connectivity index (χ2v) is 26.2. The van der Waals surface area contributed by atoms with Crippen LogP contribution in [0.2, 0.25) is 0 Å². The summed E-state index contributed by atoms with van der Waals surface area (Å²) < 4.78 is 0. The molecule has 12 heteroatoms. The van der Waals surface area contributed by atoms with Crippen LogP contribution in [0.5, 0.6) is 0 Å². The highest BCUT2D eigenvalue weighted by Gasteiger charge is 2.19. The number of nitrogens with one attached hydrogen (secondary N) is 3. The zero-order valence-corrected chi connectivity index (χ0v) is 56.9. The van der Waals surface area contributed by atoms with E-state index in [9.17, 15) is 14.4 Å². The van der Waals surface area contributed by atoms with E-state index in [2.05, 4.69) is 169 Å². The van der Waals surface area contributed by atoms with Crippen LogP contribution in [-0.4, -0.2) is 71.9 Å². The predicted molar refractivity (Wildman–Crippen MR) is 391 cm³/mol. The fourth-order valence-electron chi connectivity index (χ4n) is 12.9. The number of amides is 3. The maximum Gasteiger partial charge on any atom is 0.255 e. The number of pyridine rings is 3. The summed E-state index contributed by atoms with van der Waals surface area (Å²) in [6.45, 7) is 25.5. The molecule has 0 unspecified atom stereocenters. The molecule has 3 N–H and O–H groups in total. The second-order valence-electron chi connectivity index (χ2n) is 26.2. The van der Waals surface area contributed by atoms with Crippen molar-refractivity contribution in [2.45, 2.75) is 145 Å². The van der Waals surface area contributed by atoms with E-state index in [4.69, 9.17) is 0 Å². The maximum absolute atomic E-state index is 13.0. The molecule has 0 aliphatic carbocycles. The Morgan fingerprint density at radius 2 is 0.702 bits per heavy atom. The van der Waals surface area contributed by atoms with E-state index in [1.54, 1.807) is 18.6 Å². The van der Waals surface area contributed by atoms with Gasteiger partial charge in [-0.15, -0.1) is 0 Å². The minimum atomic E-state index is -0.116. The van der Waals surface area contributed by atoms with Crippen LogP contribution in [0, 0.1) is 48.5 Å². The summed E-state index contributed by atoms with van der Waals surface area (Å²) in [5.41, 5.74) is 20.6. The van der Waals surface area contributed by atoms with Crippen molar-refractivity contribution < 1.29 is 14.4 Å². The summed E-state index contributed by atoms with van der Waals surface area (Å²) in [6.07, 6.45) is 20.4. The summed E-state index contributed by atoms with van der Waals surface area (Å²) >= 11 is 0. The molecule has 0 bridgehead atoms. The second kappa shape index (κ2) is 32.4. The third-order valence-electron chi connectivity index (χ3n) is 18.8. The SMILES string of the molecule is Cc1ccc(C(=O)Nc2ccc(N3CCCCCC3)nc2)cc1-c1c(C)cccc1C.Cc1ccc(C(=O)Nc2ccc(N3CCCCCC3)nc2)cc1-c1ccc(C(C)C)cc1.Cc1ccc(C(=O)Nc2ccc(N3CCCCCC3)nc2)cc1-c1cccc(C)c1C. The molecule has 0 saturated carbocycles.